The van der Waals surface area contributed by atoms with Crippen molar-refractivity contribution in [2.24, 2.45) is 0 Å². The first-order valence-electron chi connectivity index (χ1n) is 4.45. The largest absolute Gasteiger partial charge is 0.481 e. The maximum Gasteiger partial charge on any atom is 0.387 e. The summed E-state index contributed by atoms with van der Waals surface area (Å²) in [6.07, 6.45) is -0.761. The van der Waals surface area contributed by atoms with Crippen LogP contribution < -0.4 is 4.74 Å². The third-order valence-corrected chi connectivity index (χ3v) is 2.27. The first-order valence-corrected chi connectivity index (χ1v) is 4.83. The van der Waals surface area contributed by atoms with Crippen molar-refractivity contribution in [3.05, 3.63) is 32.8 Å². The molecule has 0 aromatic heterocycles. The van der Waals surface area contributed by atoms with Crippen LogP contribution in [-0.2, 0) is 11.2 Å². The van der Waals surface area contributed by atoms with Gasteiger partial charge in [-0.05, 0) is 6.07 Å². The Morgan fingerprint density at radius 1 is 1.56 bits per heavy atom. The van der Waals surface area contributed by atoms with Gasteiger partial charge in [-0.3, -0.25) is 14.9 Å². The maximum absolute atomic E-state index is 12.2. The molecule has 0 heterocycles. The number of benzene rings is 1. The molecule has 0 saturated heterocycles. The second-order valence-electron chi connectivity index (χ2n) is 3.08. The summed E-state index contributed by atoms with van der Waals surface area (Å²) < 4.78 is 28.4. The molecule has 0 atom stereocenters. The predicted octanol–water partition coefficient (Wildman–Crippen LogP) is 2.48. The number of halogens is 3. The third-order valence-electron chi connectivity index (χ3n) is 1.91. The summed E-state index contributed by atoms with van der Waals surface area (Å²) in [7, 11) is 0. The number of rotatable bonds is 5. The van der Waals surface area contributed by atoms with Gasteiger partial charge in [0.15, 0.2) is 0 Å². The fourth-order valence-corrected chi connectivity index (χ4v) is 1.49. The summed E-state index contributed by atoms with van der Waals surface area (Å²) >= 11 is 5.62. The molecule has 0 aliphatic heterocycles. The molecular formula is C9H6ClF2NO5. The van der Waals surface area contributed by atoms with Crippen molar-refractivity contribution in [3.63, 3.8) is 0 Å². The van der Waals surface area contributed by atoms with E-state index in [4.69, 9.17) is 16.7 Å². The van der Waals surface area contributed by atoms with Crippen molar-refractivity contribution in [1.29, 1.82) is 0 Å². The average Bonchev–Trinajstić information content (AvgIpc) is 2.21. The highest BCUT2D eigenvalue weighted by Crippen LogP contribution is 2.37. The van der Waals surface area contributed by atoms with Gasteiger partial charge in [0.2, 0.25) is 5.75 Å². The van der Waals surface area contributed by atoms with E-state index in [0.29, 0.717) is 0 Å². The fraction of sp³-hybridized carbons (Fsp3) is 0.222. The van der Waals surface area contributed by atoms with Gasteiger partial charge in [0.25, 0.3) is 0 Å². The topological polar surface area (TPSA) is 89.7 Å². The van der Waals surface area contributed by atoms with Gasteiger partial charge in [0.1, 0.15) is 0 Å². The zero-order valence-corrected chi connectivity index (χ0v) is 9.36. The van der Waals surface area contributed by atoms with Crippen molar-refractivity contribution in [2.45, 2.75) is 13.0 Å². The van der Waals surface area contributed by atoms with E-state index < -0.39 is 35.4 Å². The highest BCUT2D eigenvalue weighted by molar-refractivity contribution is 6.31. The number of nitrogens with zero attached hydrogens (tertiary/aromatic N) is 1. The van der Waals surface area contributed by atoms with Crippen molar-refractivity contribution < 1.29 is 28.3 Å². The molecule has 0 spiro atoms. The minimum atomic E-state index is -3.32. The van der Waals surface area contributed by atoms with Crippen molar-refractivity contribution >= 4 is 23.3 Å². The summed E-state index contributed by atoms with van der Waals surface area (Å²) in [5.41, 5.74) is -1.13. The Morgan fingerprint density at radius 2 is 2.17 bits per heavy atom. The van der Waals surface area contributed by atoms with E-state index in [2.05, 4.69) is 4.74 Å². The molecule has 0 amide bonds. The van der Waals surface area contributed by atoms with E-state index in [9.17, 15) is 23.7 Å². The van der Waals surface area contributed by atoms with Crippen LogP contribution in [0.15, 0.2) is 12.1 Å². The van der Waals surface area contributed by atoms with Gasteiger partial charge in [-0.1, -0.05) is 11.6 Å². The molecule has 0 aliphatic rings. The third kappa shape index (κ3) is 3.27. The van der Waals surface area contributed by atoms with Crippen LogP contribution in [0, 0.1) is 10.1 Å². The van der Waals surface area contributed by atoms with Gasteiger partial charge in [-0.2, -0.15) is 8.78 Å². The number of aliphatic carboxylic acids is 1. The molecular weight excluding hydrogens is 276 g/mol. The van der Waals surface area contributed by atoms with Crippen molar-refractivity contribution in [1.82, 2.24) is 0 Å². The maximum atomic E-state index is 12.2. The smallest absolute Gasteiger partial charge is 0.387 e. The fourth-order valence-electron chi connectivity index (χ4n) is 1.27. The first kappa shape index (κ1) is 14.1. The number of nitro groups is 1. The number of hydrogen-bond donors (Lipinski definition) is 1. The van der Waals surface area contributed by atoms with Crippen LogP contribution >= 0.6 is 11.6 Å². The minimum absolute atomic E-state index is 0.196. The lowest BCUT2D eigenvalue weighted by molar-refractivity contribution is -0.386. The van der Waals surface area contributed by atoms with Crippen LogP contribution in [0.2, 0.25) is 5.02 Å². The summed E-state index contributed by atoms with van der Waals surface area (Å²) in [5, 5.41) is 19.1. The monoisotopic (exact) mass is 281 g/mol. The molecule has 1 N–H and O–H groups in total. The average molecular weight is 282 g/mol. The second kappa shape index (κ2) is 5.58. The van der Waals surface area contributed by atoms with E-state index in [1.165, 1.54) is 0 Å². The lowest BCUT2D eigenvalue weighted by Gasteiger charge is -2.11. The number of nitro benzene ring substituents is 1. The Balaban J connectivity index is 3.39. The first-order chi connectivity index (χ1) is 8.32. The lowest BCUT2D eigenvalue weighted by atomic mass is 10.1. The molecule has 0 bridgehead atoms. The summed E-state index contributed by atoms with van der Waals surface area (Å²) in [6, 6.07) is 1.92. The summed E-state index contributed by atoms with van der Waals surface area (Å²) in [4.78, 5) is 20.3. The highest BCUT2D eigenvalue weighted by Gasteiger charge is 2.25. The zero-order chi connectivity index (χ0) is 13.9. The number of carbonyl (C=O) groups is 1. The number of carboxylic acids is 1. The van der Waals surface area contributed by atoms with Gasteiger partial charge < -0.3 is 9.84 Å². The summed E-state index contributed by atoms with van der Waals surface area (Å²) in [6.45, 7) is -3.32. The molecule has 1 aromatic carbocycles. The zero-order valence-electron chi connectivity index (χ0n) is 8.60. The van der Waals surface area contributed by atoms with Crippen LogP contribution in [0.3, 0.4) is 0 Å². The van der Waals surface area contributed by atoms with Crippen molar-refractivity contribution in [3.8, 4) is 5.75 Å². The number of carboxylic acid groups (broad SMARTS) is 1. The molecule has 6 nitrogen and oxygen atoms in total. The summed E-state index contributed by atoms with van der Waals surface area (Å²) in [5.74, 6) is -2.21. The number of alkyl halides is 2. The molecule has 9 heteroatoms. The molecule has 0 fully saturated rings. The Hall–Kier alpha value is -1.96. The molecule has 98 valence electrons. The van der Waals surface area contributed by atoms with Crippen LogP contribution in [0.4, 0.5) is 14.5 Å². The predicted molar refractivity (Wildman–Crippen MR) is 56.1 cm³/mol. The number of hydrogen-bond acceptors (Lipinski definition) is 4. The molecule has 1 rings (SSSR count). The minimum Gasteiger partial charge on any atom is -0.481 e. The van der Waals surface area contributed by atoms with Gasteiger partial charge in [-0.25, -0.2) is 0 Å². The van der Waals surface area contributed by atoms with Gasteiger partial charge in [-0.15, -0.1) is 0 Å². The van der Waals surface area contributed by atoms with E-state index in [-0.39, 0.29) is 10.6 Å². The SMILES string of the molecule is O=C(O)Cc1c(Cl)ccc([N+](=O)[O-])c1OC(F)F. The Labute approximate surface area is 104 Å². The Bertz CT molecular complexity index is 494. The van der Waals surface area contributed by atoms with Crippen LogP contribution in [-0.4, -0.2) is 22.6 Å². The molecule has 0 saturated carbocycles. The van der Waals surface area contributed by atoms with Crippen molar-refractivity contribution in [2.75, 3.05) is 0 Å². The Kier molecular flexibility index (Phi) is 4.38. The normalized spacial score (nSPS) is 10.4. The van der Waals surface area contributed by atoms with E-state index in [1.54, 1.807) is 0 Å². The lowest BCUT2D eigenvalue weighted by Crippen LogP contribution is -2.10. The molecule has 0 unspecified atom stereocenters. The van der Waals surface area contributed by atoms with E-state index in [1.807, 2.05) is 0 Å². The van der Waals surface area contributed by atoms with Gasteiger partial charge in [0, 0.05) is 16.7 Å². The second-order valence-corrected chi connectivity index (χ2v) is 3.49. The number of ether oxygens (including phenoxy) is 1. The van der Waals surface area contributed by atoms with E-state index >= 15 is 0 Å². The van der Waals surface area contributed by atoms with Gasteiger partial charge >= 0.3 is 18.3 Å². The molecule has 0 radical (unpaired) electrons. The van der Waals surface area contributed by atoms with Crippen LogP contribution in [0.5, 0.6) is 5.75 Å². The molecule has 18 heavy (non-hydrogen) atoms. The standard InChI is InChI=1S/C9H6ClF2NO5/c10-5-1-2-6(13(16)17)8(18-9(11)12)4(5)3-7(14)15/h1-2,9H,3H2,(H,14,15). The van der Waals surface area contributed by atoms with Crippen LogP contribution in [0.25, 0.3) is 0 Å². The Morgan fingerprint density at radius 3 is 2.61 bits per heavy atom. The van der Waals surface area contributed by atoms with Gasteiger partial charge in [0.05, 0.1) is 11.3 Å². The molecule has 1 aromatic rings. The quantitative estimate of drug-likeness (QED) is 0.661. The highest BCUT2D eigenvalue weighted by atomic mass is 35.5. The van der Waals surface area contributed by atoms with E-state index in [0.717, 1.165) is 12.1 Å². The molecule has 0 aliphatic carbocycles. The van der Waals surface area contributed by atoms with Crippen LogP contribution in [0.1, 0.15) is 5.56 Å².